The van der Waals surface area contributed by atoms with Crippen LogP contribution in [0.4, 0.5) is 11.5 Å². The number of benzene rings is 2. The quantitative estimate of drug-likeness (QED) is 0.695. The molecule has 1 amide bonds. The highest BCUT2D eigenvalue weighted by Crippen LogP contribution is 2.27. The van der Waals surface area contributed by atoms with Crippen molar-refractivity contribution in [1.29, 1.82) is 0 Å². The van der Waals surface area contributed by atoms with Gasteiger partial charge < -0.3 is 19.7 Å². The molecule has 1 aliphatic heterocycles. The summed E-state index contributed by atoms with van der Waals surface area (Å²) in [6.07, 6.45) is 0.970. The van der Waals surface area contributed by atoms with Crippen molar-refractivity contribution < 1.29 is 14.3 Å². The first-order valence-electron chi connectivity index (χ1n) is 9.97. The van der Waals surface area contributed by atoms with Gasteiger partial charge in [-0.2, -0.15) is 0 Å². The molecular formula is C23H25N3O3. The highest BCUT2D eigenvalue weighted by Gasteiger charge is 2.14. The lowest BCUT2D eigenvalue weighted by molar-refractivity contribution is -0.118. The monoisotopic (exact) mass is 391 g/mol. The highest BCUT2D eigenvalue weighted by molar-refractivity contribution is 5.92. The van der Waals surface area contributed by atoms with E-state index in [1.165, 1.54) is 5.56 Å². The predicted molar refractivity (Wildman–Crippen MR) is 115 cm³/mol. The molecule has 0 unspecified atom stereocenters. The number of rotatable bonds is 6. The Kier molecular flexibility index (Phi) is 5.91. The van der Waals surface area contributed by atoms with Gasteiger partial charge in [0, 0.05) is 24.2 Å². The normalized spacial score (nSPS) is 14.0. The van der Waals surface area contributed by atoms with E-state index in [1.807, 2.05) is 54.6 Å². The molecule has 0 atom stereocenters. The van der Waals surface area contributed by atoms with E-state index in [9.17, 15) is 4.79 Å². The fourth-order valence-corrected chi connectivity index (χ4v) is 3.36. The molecule has 1 aliphatic rings. The number of aromatic nitrogens is 1. The summed E-state index contributed by atoms with van der Waals surface area (Å²) < 4.78 is 11.2. The number of aryl methyl sites for hydroxylation is 1. The van der Waals surface area contributed by atoms with E-state index in [2.05, 4.69) is 17.1 Å². The zero-order chi connectivity index (χ0) is 20.1. The van der Waals surface area contributed by atoms with Crippen LogP contribution in [0.1, 0.15) is 12.5 Å². The summed E-state index contributed by atoms with van der Waals surface area (Å²) in [5, 5.41) is 3.85. The van der Waals surface area contributed by atoms with Gasteiger partial charge in [-0.25, -0.2) is 4.98 Å². The van der Waals surface area contributed by atoms with Crippen LogP contribution in [0.2, 0.25) is 0 Å². The van der Waals surface area contributed by atoms with Crippen LogP contribution in [-0.2, 0) is 16.0 Å². The van der Waals surface area contributed by atoms with E-state index >= 15 is 0 Å². The molecule has 0 aliphatic carbocycles. The average Bonchev–Trinajstić information content (AvgIpc) is 2.78. The largest absolute Gasteiger partial charge is 0.481 e. The lowest BCUT2D eigenvalue weighted by Crippen LogP contribution is -2.36. The number of anilines is 2. The van der Waals surface area contributed by atoms with Crippen molar-refractivity contribution in [2.75, 3.05) is 43.1 Å². The second kappa shape index (κ2) is 8.92. The van der Waals surface area contributed by atoms with Gasteiger partial charge in [0.05, 0.1) is 13.2 Å². The Balaban J connectivity index is 1.45. The number of ether oxygens (including phenoxy) is 2. The van der Waals surface area contributed by atoms with E-state index in [0.717, 1.165) is 41.9 Å². The Morgan fingerprint density at radius 2 is 1.90 bits per heavy atom. The van der Waals surface area contributed by atoms with Crippen molar-refractivity contribution in [2.45, 2.75) is 13.3 Å². The minimum atomic E-state index is -0.199. The number of morpholine rings is 1. The average molecular weight is 391 g/mol. The second-order valence-corrected chi connectivity index (χ2v) is 6.98. The molecule has 6 nitrogen and oxygen atoms in total. The first-order chi connectivity index (χ1) is 14.2. The maximum atomic E-state index is 12.3. The van der Waals surface area contributed by atoms with Crippen LogP contribution in [0.3, 0.4) is 0 Å². The number of pyridine rings is 1. The molecule has 150 valence electrons. The van der Waals surface area contributed by atoms with Gasteiger partial charge in [-0.3, -0.25) is 4.79 Å². The molecule has 1 N–H and O–H groups in total. The molecule has 4 rings (SSSR count). The van der Waals surface area contributed by atoms with E-state index in [1.54, 1.807) is 0 Å². The maximum Gasteiger partial charge on any atom is 0.262 e. The van der Waals surface area contributed by atoms with Gasteiger partial charge in [0.2, 0.25) is 0 Å². The van der Waals surface area contributed by atoms with Crippen molar-refractivity contribution in [3.8, 4) is 5.75 Å². The van der Waals surface area contributed by atoms with Crippen molar-refractivity contribution in [2.24, 2.45) is 0 Å². The summed E-state index contributed by atoms with van der Waals surface area (Å²) in [6, 6.07) is 17.6. The smallest absolute Gasteiger partial charge is 0.262 e. The number of hydrogen-bond donors (Lipinski definition) is 1. The predicted octanol–water partition coefficient (Wildman–Crippen LogP) is 3.65. The Bertz CT molecular complexity index is 982. The highest BCUT2D eigenvalue weighted by atomic mass is 16.5. The standard InChI is InChI=1S/C23H25N3O3/c1-2-17-6-9-19(10-7-17)24-22(27)16-29-20-5-3-4-18-8-11-21(25-23(18)20)26-12-14-28-15-13-26/h3-11H,2,12-16H2,1H3,(H,24,27). The summed E-state index contributed by atoms with van der Waals surface area (Å²) in [7, 11) is 0. The molecule has 1 aromatic heterocycles. The molecule has 3 aromatic rings. The van der Waals surface area contributed by atoms with Crippen LogP contribution in [0.5, 0.6) is 5.75 Å². The van der Waals surface area contributed by atoms with Gasteiger partial charge in [-0.05, 0) is 42.3 Å². The van der Waals surface area contributed by atoms with Gasteiger partial charge in [-0.1, -0.05) is 31.2 Å². The lowest BCUT2D eigenvalue weighted by Gasteiger charge is -2.28. The number of hydrogen-bond acceptors (Lipinski definition) is 5. The molecule has 0 bridgehead atoms. The fraction of sp³-hybridized carbons (Fsp3) is 0.304. The van der Waals surface area contributed by atoms with Crippen LogP contribution >= 0.6 is 0 Å². The van der Waals surface area contributed by atoms with Crippen LogP contribution in [0, 0.1) is 0 Å². The number of para-hydroxylation sites is 1. The van der Waals surface area contributed by atoms with Crippen molar-refractivity contribution in [1.82, 2.24) is 4.98 Å². The number of nitrogens with one attached hydrogen (secondary N) is 1. The molecule has 0 saturated carbocycles. The summed E-state index contributed by atoms with van der Waals surface area (Å²) in [5.74, 6) is 1.31. The van der Waals surface area contributed by atoms with Crippen molar-refractivity contribution in [3.05, 3.63) is 60.2 Å². The maximum absolute atomic E-state index is 12.3. The van der Waals surface area contributed by atoms with Gasteiger partial charge in [0.25, 0.3) is 5.91 Å². The SMILES string of the molecule is CCc1ccc(NC(=O)COc2cccc3ccc(N4CCOCC4)nc23)cc1. The number of fused-ring (bicyclic) bond motifs is 1. The second-order valence-electron chi connectivity index (χ2n) is 6.98. The van der Waals surface area contributed by atoms with E-state index in [4.69, 9.17) is 14.5 Å². The molecule has 2 aromatic carbocycles. The molecular weight excluding hydrogens is 366 g/mol. The summed E-state index contributed by atoms with van der Waals surface area (Å²) in [5.41, 5.74) is 2.76. The third-order valence-corrected chi connectivity index (χ3v) is 5.01. The summed E-state index contributed by atoms with van der Waals surface area (Å²) in [6.45, 7) is 5.08. The lowest BCUT2D eigenvalue weighted by atomic mass is 10.1. The van der Waals surface area contributed by atoms with Gasteiger partial charge in [0.1, 0.15) is 17.1 Å². The van der Waals surface area contributed by atoms with Crippen molar-refractivity contribution >= 4 is 28.3 Å². The first kappa shape index (κ1) is 19.2. The number of nitrogens with zero attached hydrogens (tertiary/aromatic N) is 2. The minimum Gasteiger partial charge on any atom is -0.481 e. The molecule has 29 heavy (non-hydrogen) atoms. The van der Waals surface area contributed by atoms with E-state index in [0.29, 0.717) is 19.0 Å². The molecule has 1 saturated heterocycles. The Morgan fingerprint density at radius 1 is 1.10 bits per heavy atom. The van der Waals surface area contributed by atoms with Crippen LogP contribution in [-0.4, -0.2) is 43.8 Å². The minimum absolute atomic E-state index is 0.0713. The first-order valence-corrected chi connectivity index (χ1v) is 9.97. The molecule has 1 fully saturated rings. The van der Waals surface area contributed by atoms with E-state index < -0.39 is 0 Å². The Morgan fingerprint density at radius 3 is 2.66 bits per heavy atom. The number of amides is 1. The van der Waals surface area contributed by atoms with Crippen LogP contribution in [0.25, 0.3) is 10.9 Å². The fourth-order valence-electron chi connectivity index (χ4n) is 3.36. The molecule has 0 radical (unpaired) electrons. The Labute approximate surface area is 170 Å². The third kappa shape index (κ3) is 4.66. The van der Waals surface area contributed by atoms with Gasteiger partial charge in [0.15, 0.2) is 6.61 Å². The molecule has 6 heteroatoms. The topological polar surface area (TPSA) is 63.7 Å². The Hall–Kier alpha value is -3.12. The van der Waals surface area contributed by atoms with Gasteiger partial charge >= 0.3 is 0 Å². The molecule has 2 heterocycles. The van der Waals surface area contributed by atoms with Crippen LogP contribution in [0.15, 0.2) is 54.6 Å². The number of carbonyl (C=O) groups excluding carboxylic acids is 1. The zero-order valence-corrected chi connectivity index (χ0v) is 16.6. The summed E-state index contributed by atoms with van der Waals surface area (Å²) in [4.78, 5) is 19.3. The summed E-state index contributed by atoms with van der Waals surface area (Å²) >= 11 is 0. The van der Waals surface area contributed by atoms with E-state index in [-0.39, 0.29) is 12.5 Å². The van der Waals surface area contributed by atoms with Gasteiger partial charge in [-0.15, -0.1) is 0 Å². The van der Waals surface area contributed by atoms with Crippen LogP contribution < -0.4 is 15.0 Å². The van der Waals surface area contributed by atoms with Crippen molar-refractivity contribution in [3.63, 3.8) is 0 Å². The number of carbonyl (C=O) groups is 1. The molecule has 0 spiro atoms. The third-order valence-electron chi connectivity index (χ3n) is 5.01. The zero-order valence-electron chi connectivity index (χ0n) is 16.6.